The van der Waals surface area contributed by atoms with E-state index in [1.807, 2.05) is 44.2 Å². The van der Waals surface area contributed by atoms with E-state index in [-0.39, 0.29) is 11.6 Å². The fourth-order valence-electron chi connectivity index (χ4n) is 2.07. The number of carbonyl (C=O) groups excluding carboxylic acids is 1. The molecule has 0 saturated carbocycles. The van der Waals surface area contributed by atoms with Gasteiger partial charge in [0.25, 0.3) is 5.91 Å². The zero-order valence-electron chi connectivity index (χ0n) is 13.7. The van der Waals surface area contributed by atoms with E-state index in [2.05, 4.69) is 10.3 Å². The standard InChI is InChI=1S/C18H20N2O4/c1-18(2,12-24-11-13-6-4-3-5-7-13)20-16(21)14-8-9-15(17(22)23)19-10-14/h3-10H,11-12H2,1-2H3,(H,20,21)(H,22,23). The van der Waals surface area contributed by atoms with Crippen molar-refractivity contribution < 1.29 is 19.4 Å². The van der Waals surface area contributed by atoms with Crippen molar-refractivity contribution in [3.05, 3.63) is 65.5 Å². The molecule has 2 N–H and O–H groups in total. The van der Waals surface area contributed by atoms with E-state index >= 15 is 0 Å². The number of nitrogens with one attached hydrogen (secondary N) is 1. The van der Waals surface area contributed by atoms with Gasteiger partial charge in [-0.2, -0.15) is 0 Å². The first-order chi connectivity index (χ1) is 11.4. The van der Waals surface area contributed by atoms with Crippen LogP contribution in [0, 0.1) is 0 Å². The van der Waals surface area contributed by atoms with Crippen LogP contribution in [0.4, 0.5) is 0 Å². The Morgan fingerprint density at radius 2 is 1.88 bits per heavy atom. The molecule has 0 aliphatic rings. The summed E-state index contributed by atoms with van der Waals surface area (Å²) in [4.78, 5) is 26.7. The summed E-state index contributed by atoms with van der Waals surface area (Å²) < 4.78 is 5.66. The van der Waals surface area contributed by atoms with Gasteiger partial charge in [0.2, 0.25) is 0 Å². The third-order valence-corrected chi connectivity index (χ3v) is 3.27. The number of benzene rings is 1. The van der Waals surface area contributed by atoms with Gasteiger partial charge in [-0.25, -0.2) is 9.78 Å². The Morgan fingerprint density at radius 1 is 1.17 bits per heavy atom. The lowest BCUT2D eigenvalue weighted by atomic mass is 10.1. The molecule has 0 aliphatic carbocycles. The van der Waals surface area contributed by atoms with Crippen LogP contribution in [0.1, 0.15) is 40.3 Å². The van der Waals surface area contributed by atoms with Crippen LogP contribution in [0.3, 0.4) is 0 Å². The van der Waals surface area contributed by atoms with Crippen molar-refractivity contribution in [2.75, 3.05) is 6.61 Å². The minimum Gasteiger partial charge on any atom is -0.477 e. The number of amides is 1. The summed E-state index contributed by atoms with van der Waals surface area (Å²) in [5.41, 5.74) is 0.693. The fraction of sp³-hybridized carbons (Fsp3) is 0.278. The molecule has 6 heteroatoms. The minimum atomic E-state index is -1.13. The second kappa shape index (κ2) is 7.70. The highest BCUT2D eigenvalue weighted by Gasteiger charge is 2.22. The van der Waals surface area contributed by atoms with Crippen molar-refractivity contribution in [2.45, 2.75) is 26.0 Å². The number of nitrogens with zero attached hydrogens (tertiary/aromatic N) is 1. The molecule has 0 unspecified atom stereocenters. The van der Waals surface area contributed by atoms with E-state index in [9.17, 15) is 9.59 Å². The second-order valence-corrected chi connectivity index (χ2v) is 6.05. The minimum absolute atomic E-state index is 0.1000. The van der Waals surface area contributed by atoms with Gasteiger partial charge < -0.3 is 15.2 Å². The summed E-state index contributed by atoms with van der Waals surface area (Å²) >= 11 is 0. The molecular weight excluding hydrogens is 308 g/mol. The van der Waals surface area contributed by atoms with Gasteiger partial charge in [-0.1, -0.05) is 30.3 Å². The molecular formula is C18H20N2O4. The molecule has 0 fully saturated rings. The van der Waals surface area contributed by atoms with Crippen LogP contribution < -0.4 is 5.32 Å². The van der Waals surface area contributed by atoms with Gasteiger partial charge in [0.05, 0.1) is 24.3 Å². The molecule has 1 heterocycles. The highest BCUT2D eigenvalue weighted by Crippen LogP contribution is 2.09. The largest absolute Gasteiger partial charge is 0.477 e. The van der Waals surface area contributed by atoms with Gasteiger partial charge in [-0.05, 0) is 31.5 Å². The summed E-state index contributed by atoms with van der Waals surface area (Å²) in [7, 11) is 0. The van der Waals surface area contributed by atoms with Gasteiger partial charge in [-0.15, -0.1) is 0 Å². The predicted molar refractivity (Wildman–Crippen MR) is 88.8 cm³/mol. The number of rotatable bonds is 7. The Hall–Kier alpha value is -2.73. The van der Waals surface area contributed by atoms with Crippen molar-refractivity contribution in [2.24, 2.45) is 0 Å². The van der Waals surface area contributed by atoms with Crippen molar-refractivity contribution >= 4 is 11.9 Å². The van der Waals surface area contributed by atoms with Crippen molar-refractivity contribution in [1.82, 2.24) is 10.3 Å². The molecule has 24 heavy (non-hydrogen) atoms. The van der Waals surface area contributed by atoms with Crippen molar-refractivity contribution in [3.8, 4) is 0 Å². The van der Waals surface area contributed by atoms with E-state index in [1.165, 1.54) is 18.3 Å². The highest BCUT2D eigenvalue weighted by molar-refractivity contribution is 5.95. The number of hydrogen-bond donors (Lipinski definition) is 2. The van der Waals surface area contributed by atoms with Crippen LogP contribution in [0.2, 0.25) is 0 Å². The molecule has 6 nitrogen and oxygen atoms in total. The Morgan fingerprint density at radius 3 is 2.46 bits per heavy atom. The smallest absolute Gasteiger partial charge is 0.354 e. The van der Waals surface area contributed by atoms with E-state index in [1.54, 1.807) is 0 Å². The molecule has 0 aliphatic heterocycles. The van der Waals surface area contributed by atoms with Crippen molar-refractivity contribution in [1.29, 1.82) is 0 Å². The Labute approximate surface area is 140 Å². The first kappa shape index (κ1) is 17.6. The Balaban J connectivity index is 1.88. The Bertz CT molecular complexity index is 697. The molecule has 2 aromatic rings. The third kappa shape index (κ3) is 5.17. The van der Waals surface area contributed by atoms with Gasteiger partial charge in [0, 0.05) is 6.20 Å². The molecule has 1 aromatic heterocycles. The predicted octanol–water partition coefficient (Wildman–Crippen LogP) is 2.50. The number of carboxylic acid groups (broad SMARTS) is 1. The zero-order valence-corrected chi connectivity index (χ0v) is 13.7. The van der Waals surface area contributed by atoms with Crippen LogP contribution in [-0.4, -0.2) is 34.1 Å². The molecule has 1 amide bonds. The maximum absolute atomic E-state index is 12.2. The summed E-state index contributed by atoms with van der Waals surface area (Å²) in [6.45, 7) is 4.52. The van der Waals surface area contributed by atoms with Gasteiger partial charge >= 0.3 is 5.97 Å². The van der Waals surface area contributed by atoms with E-state index < -0.39 is 11.5 Å². The first-order valence-corrected chi connectivity index (χ1v) is 7.51. The lowest BCUT2D eigenvalue weighted by Gasteiger charge is -2.26. The fourth-order valence-corrected chi connectivity index (χ4v) is 2.07. The lowest BCUT2D eigenvalue weighted by Crippen LogP contribution is -2.47. The summed E-state index contributed by atoms with van der Waals surface area (Å²) in [6.07, 6.45) is 1.25. The summed E-state index contributed by atoms with van der Waals surface area (Å²) in [5.74, 6) is -1.45. The molecule has 0 radical (unpaired) electrons. The number of hydrogen-bond acceptors (Lipinski definition) is 4. The summed E-state index contributed by atoms with van der Waals surface area (Å²) in [6, 6.07) is 12.5. The van der Waals surface area contributed by atoms with Gasteiger partial charge in [0.1, 0.15) is 5.69 Å². The van der Waals surface area contributed by atoms with Crippen LogP contribution in [0.15, 0.2) is 48.7 Å². The molecule has 0 bridgehead atoms. The Kier molecular flexibility index (Phi) is 5.65. The van der Waals surface area contributed by atoms with E-state index in [0.29, 0.717) is 18.8 Å². The van der Waals surface area contributed by atoms with E-state index in [4.69, 9.17) is 9.84 Å². The third-order valence-electron chi connectivity index (χ3n) is 3.27. The molecule has 1 aromatic carbocycles. The normalized spacial score (nSPS) is 11.1. The second-order valence-electron chi connectivity index (χ2n) is 6.05. The SMILES string of the molecule is CC(C)(COCc1ccccc1)NC(=O)c1ccc(C(=O)O)nc1. The van der Waals surface area contributed by atoms with Gasteiger partial charge in [-0.3, -0.25) is 4.79 Å². The van der Waals surface area contributed by atoms with Crippen LogP contribution in [-0.2, 0) is 11.3 Å². The maximum atomic E-state index is 12.2. The first-order valence-electron chi connectivity index (χ1n) is 7.51. The number of pyridine rings is 1. The highest BCUT2D eigenvalue weighted by atomic mass is 16.5. The van der Waals surface area contributed by atoms with Gasteiger partial charge in [0.15, 0.2) is 0 Å². The summed E-state index contributed by atoms with van der Waals surface area (Å²) in [5, 5.41) is 11.7. The molecule has 126 valence electrons. The molecule has 2 rings (SSSR count). The molecule has 0 saturated heterocycles. The zero-order chi connectivity index (χ0) is 17.6. The van der Waals surface area contributed by atoms with Crippen LogP contribution in [0.25, 0.3) is 0 Å². The number of ether oxygens (including phenoxy) is 1. The topological polar surface area (TPSA) is 88.5 Å². The average molecular weight is 328 g/mol. The monoisotopic (exact) mass is 328 g/mol. The van der Waals surface area contributed by atoms with Crippen LogP contribution in [0.5, 0.6) is 0 Å². The quantitative estimate of drug-likeness (QED) is 0.815. The van der Waals surface area contributed by atoms with Crippen molar-refractivity contribution in [3.63, 3.8) is 0 Å². The number of carbonyl (C=O) groups is 2. The molecule has 0 atom stereocenters. The number of aromatic nitrogens is 1. The van der Waals surface area contributed by atoms with Crippen LogP contribution >= 0.6 is 0 Å². The number of aromatic carboxylic acids is 1. The molecule has 0 spiro atoms. The number of carboxylic acids is 1. The average Bonchev–Trinajstić information content (AvgIpc) is 2.55. The maximum Gasteiger partial charge on any atom is 0.354 e. The van der Waals surface area contributed by atoms with E-state index in [0.717, 1.165) is 5.56 Å². The lowest BCUT2D eigenvalue weighted by molar-refractivity contribution is 0.0615.